The number of nitrogens with one attached hydrogen (secondary N) is 2. The molecule has 0 aliphatic carbocycles. The SMILES string of the molecule is COc1ccccc1Nc1ccc(C(=O)Nc2ccc(N(C)C)cc2)cn1. The Morgan fingerprint density at radius 2 is 1.74 bits per heavy atom. The van der Waals surface area contributed by atoms with Crippen molar-refractivity contribution in [3.05, 3.63) is 72.4 Å². The van der Waals surface area contributed by atoms with Crippen LogP contribution in [0.25, 0.3) is 0 Å². The van der Waals surface area contributed by atoms with Gasteiger partial charge >= 0.3 is 0 Å². The summed E-state index contributed by atoms with van der Waals surface area (Å²) in [5.41, 5.74) is 3.10. The number of methoxy groups -OCH3 is 1. The number of pyridine rings is 1. The molecule has 0 aliphatic heterocycles. The van der Waals surface area contributed by atoms with E-state index in [4.69, 9.17) is 4.74 Å². The molecule has 3 aromatic rings. The van der Waals surface area contributed by atoms with Crippen molar-refractivity contribution >= 4 is 28.8 Å². The van der Waals surface area contributed by atoms with Crippen LogP contribution in [0.5, 0.6) is 5.75 Å². The quantitative estimate of drug-likeness (QED) is 0.689. The summed E-state index contributed by atoms with van der Waals surface area (Å²) in [5.74, 6) is 1.15. The second kappa shape index (κ2) is 8.23. The van der Waals surface area contributed by atoms with Crippen LogP contribution < -0.4 is 20.3 Å². The maximum absolute atomic E-state index is 12.4. The number of ether oxygens (including phenoxy) is 1. The number of aromatic nitrogens is 1. The van der Waals surface area contributed by atoms with Gasteiger partial charge in [-0.2, -0.15) is 0 Å². The third kappa shape index (κ3) is 4.55. The summed E-state index contributed by atoms with van der Waals surface area (Å²) in [4.78, 5) is 18.7. The van der Waals surface area contributed by atoms with Crippen LogP contribution in [0.3, 0.4) is 0 Å². The van der Waals surface area contributed by atoms with Crippen molar-refractivity contribution in [2.75, 3.05) is 36.7 Å². The standard InChI is InChI=1S/C21H22N4O2/c1-25(2)17-11-9-16(10-12-17)23-21(26)15-8-13-20(22-14-15)24-18-6-4-5-7-19(18)27-3/h4-14H,1-3H3,(H,22,24)(H,23,26). The van der Waals surface area contributed by atoms with Crippen LogP contribution in [0.15, 0.2) is 66.9 Å². The zero-order valence-corrected chi connectivity index (χ0v) is 15.6. The maximum atomic E-state index is 12.4. The summed E-state index contributed by atoms with van der Waals surface area (Å²) in [6.07, 6.45) is 1.54. The lowest BCUT2D eigenvalue weighted by Gasteiger charge is -2.13. The van der Waals surface area contributed by atoms with Gasteiger partial charge in [0.05, 0.1) is 18.4 Å². The average Bonchev–Trinajstić information content (AvgIpc) is 2.69. The van der Waals surface area contributed by atoms with Gasteiger partial charge < -0.3 is 20.3 Å². The number of para-hydroxylation sites is 2. The lowest BCUT2D eigenvalue weighted by molar-refractivity contribution is 0.102. The summed E-state index contributed by atoms with van der Waals surface area (Å²) < 4.78 is 5.31. The van der Waals surface area contributed by atoms with Crippen LogP contribution in [-0.4, -0.2) is 32.1 Å². The van der Waals surface area contributed by atoms with Gasteiger partial charge in [-0.15, -0.1) is 0 Å². The van der Waals surface area contributed by atoms with Crippen LogP contribution in [0.2, 0.25) is 0 Å². The van der Waals surface area contributed by atoms with Gasteiger partial charge in [-0.05, 0) is 48.5 Å². The molecule has 138 valence electrons. The van der Waals surface area contributed by atoms with Gasteiger partial charge in [-0.3, -0.25) is 4.79 Å². The minimum Gasteiger partial charge on any atom is -0.495 e. The molecule has 2 aromatic carbocycles. The number of amides is 1. The zero-order valence-electron chi connectivity index (χ0n) is 15.6. The molecular weight excluding hydrogens is 340 g/mol. The van der Waals surface area contributed by atoms with Crippen molar-refractivity contribution in [2.45, 2.75) is 0 Å². The fourth-order valence-electron chi connectivity index (χ4n) is 2.53. The molecular formula is C21H22N4O2. The van der Waals surface area contributed by atoms with Gasteiger partial charge in [0.2, 0.25) is 0 Å². The van der Waals surface area contributed by atoms with Crippen molar-refractivity contribution in [1.29, 1.82) is 0 Å². The molecule has 6 heteroatoms. The lowest BCUT2D eigenvalue weighted by atomic mass is 10.2. The van der Waals surface area contributed by atoms with Gasteiger partial charge in [0, 0.05) is 31.7 Å². The molecule has 0 saturated heterocycles. The molecule has 0 bridgehead atoms. The van der Waals surface area contributed by atoms with Crippen molar-refractivity contribution < 1.29 is 9.53 Å². The lowest BCUT2D eigenvalue weighted by Crippen LogP contribution is -2.13. The normalized spacial score (nSPS) is 10.2. The molecule has 1 amide bonds. The molecule has 0 unspecified atom stereocenters. The van der Waals surface area contributed by atoms with E-state index in [1.807, 2.05) is 67.5 Å². The Bertz CT molecular complexity index is 906. The molecule has 2 N–H and O–H groups in total. The molecule has 6 nitrogen and oxygen atoms in total. The molecule has 0 saturated carbocycles. The highest BCUT2D eigenvalue weighted by molar-refractivity contribution is 6.04. The summed E-state index contributed by atoms with van der Waals surface area (Å²) in [7, 11) is 5.56. The third-order valence-corrected chi connectivity index (χ3v) is 4.04. The molecule has 3 rings (SSSR count). The molecule has 0 fully saturated rings. The van der Waals surface area contributed by atoms with Crippen molar-refractivity contribution in [3.8, 4) is 5.75 Å². The van der Waals surface area contributed by atoms with Crippen molar-refractivity contribution in [2.24, 2.45) is 0 Å². The van der Waals surface area contributed by atoms with E-state index >= 15 is 0 Å². The fourth-order valence-corrected chi connectivity index (χ4v) is 2.53. The Morgan fingerprint density at radius 1 is 1.00 bits per heavy atom. The average molecular weight is 362 g/mol. The van der Waals surface area contributed by atoms with Crippen LogP contribution in [0, 0.1) is 0 Å². The van der Waals surface area contributed by atoms with E-state index < -0.39 is 0 Å². The minimum atomic E-state index is -0.205. The van der Waals surface area contributed by atoms with Gasteiger partial charge in [-0.1, -0.05) is 12.1 Å². The Hall–Kier alpha value is -3.54. The largest absolute Gasteiger partial charge is 0.495 e. The van der Waals surface area contributed by atoms with Crippen molar-refractivity contribution in [1.82, 2.24) is 4.98 Å². The van der Waals surface area contributed by atoms with Crippen LogP contribution in [0.4, 0.5) is 22.9 Å². The number of hydrogen-bond donors (Lipinski definition) is 2. The second-order valence-corrected chi connectivity index (χ2v) is 6.15. The maximum Gasteiger partial charge on any atom is 0.257 e. The van der Waals surface area contributed by atoms with Gasteiger partial charge in [0.1, 0.15) is 11.6 Å². The van der Waals surface area contributed by atoms with Crippen molar-refractivity contribution in [3.63, 3.8) is 0 Å². The first-order valence-corrected chi connectivity index (χ1v) is 8.51. The van der Waals surface area contributed by atoms with E-state index in [9.17, 15) is 4.79 Å². The topological polar surface area (TPSA) is 66.5 Å². The molecule has 1 heterocycles. The molecule has 27 heavy (non-hydrogen) atoms. The first-order chi connectivity index (χ1) is 13.1. The first-order valence-electron chi connectivity index (χ1n) is 8.51. The van der Waals surface area contributed by atoms with Gasteiger partial charge in [0.25, 0.3) is 5.91 Å². The number of carbonyl (C=O) groups excluding carboxylic acids is 1. The Balaban J connectivity index is 1.66. The second-order valence-electron chi connectivity index (χ2n) is 6.15. The third-order valence-electron chi connectivity index (χ3n) is 4.04. The summed E-state index contributed by atoms with van der Waals surface area (Å²) >= 11 is 0. The molecule has 0 atom stereocenters. The molecule has 1 aromatic heterocycles. The van der Waals surface area contributed by atoms with E-state index in [0.29, 0.717) is 11.4 Å². The van der Waals surface area contributed by atoms with E-state index in [2.05, 4.69) is 15.6 Å². The number of nitrogens with zero attached hydrogens (tertiary/aromatic N) is 2. The minimum absolute atomic E-state index is 0.205. The number of hydrogen-bond acceptors (Lipinski definition) is 5. The fraction of sp³-hybridized carbons (Fsp3) is 0.143. The highest BCUT2D eigenvalue weighted by Crippen LogP contribution is 2.26. The highest BCUT2D eigenvalue weighted by Gasteiger charge is 2.08. The number of rotatable bonds is 6. The summed E-state index contributed by atoms with van der Waals surface area (Å²) in [6, 6.07) is 18.7. The predicted octanol–water partition coefficient (Wildman–Crippen LogP) is 4.15. The monoisotopic (exact) mass is 362 g/mol. The van der Waals surface area contributed by atoms with Crippen LogP contribution in [-0.2, 0) is 0 Å². The summed E-state index contributed by atoms with van der Waals surface area (Å²) in [5, 5.41) is 6.06. The van der Waals surface area contributed by atoms with Crippen LogP contribution in [0.1, 0.15) is 10.4 Å². The summed E-state index contributed by atoms with van der Waals surface area (Å²) in [6.45, 7) is 0. The Morgan fingerprint density at radius 3 is 2.37 bits per heavy atom. The smallest absolute Gasteiger partial charge is 0.257 e. The molecule has 0 spiro atoms. The Labute approximate surface area is 158 Å². The van der Waals surface area contributed by atoms with E-state index in [0.717, 1.165) is 22.8 Å². The molecule has 0 aliphatic rings. The number of benzene rings is 2. The van der Waals surface area contributed by atoms with E-state index in [1.54, 1.807) is 25.4 Å². The first kappa shape index (κ1) is 18.3. The van der Waals surface area contributed by atoms with E-state index in [1.165, 1.54) is 0 Å². The highest BCUT2D eigenvalue weighted by atomic mass is 16.5. The van der Waals surface area contributed by atoms with Gasteiger partial charge in [0.15, 0.2) is 0 Å². The molecule has 0 radical (unpaired) electrons. The van der Waals surface area contributed by atoms with E-state index in [-0.39, 0.29) is 5.91 Å². The predicted molar refractivity (Wildman–Crippen MR) is 109 cm³/mol. The van der Waals surface area contributed by atoms with Gasteiger partial charge in [-0.25, -0.2) is 4.98 Å². The number of anilines is 4. The number of carbonyl (C=O) groups is 1. The Kier molecular flexibility index (Phi) is 5.56. The zero-order chi connectivity index (χ0) is 19.2. The van der Waals surface area contributed by atoms with Crippen LogP contribution >= 0.6 is 0 Å².